The van der Waals surface area contributed by atoms with Gasteiger partial charge in [0.05, 0.1) is 18.2 Å². The fourth-order valence-corrected chi connectivity index (χ4v) is 7.83. The molecule has 1 aromatic rings. The molecule has 5 nitrogen and oxygen atoms in total. The van der Waals surface area contributed by atoms with Crippen LogP contribution < -0.4 is 11.1 Å². The molecule has 0 amide bonds. The molecule has 3 rings (SSSR count). The van der Waals surface area contributed by atoms with Crippen LogP contribution in [0.5, 0.6) is 0 Å². The van der Waals surface area contributed by atoms with E-state index in [1.807, 2.05) is 58.0 Å². The third kappa shape index (κ3) is 2.36. The first-order chi connectivity index (χ1) is 13.4. The summed E-state index contributed by atoms with van der Waals surface area (Å²) in [5, 5.41) is 24.8. The largest absolute Gasteiger partial charge is 0.386 e. The third-order valence-corrected chi connectivity index (χ3v) is 8.67. The first-order valence-corrected chi connectivity index (χ1v) is 11.3. The maximum absolute atomic E-state index is 10.7. The van der Waals surface area contributed by atoms with Gasteiger partial charge in [0.1, 0.15) is 5.84 Å². The Hall–Kier alpha value is -2.09. The Kier molecular flexibility index (Phi) is 5.44. The summed E-state index contributed by atoms with van der Waals surface area (Å²) in [4.78, 5) is 4.89. The van der Waals surface area contributed by atoms with E-state index in [1.54, 1.807) is 23.5 Å². The lowest BCUT2D eigenvalue weighted by atomic mass is 9.55. The fraction of sp³-hybridized carbons (Fsp3) is 0.476. The van der Waals surface area contributed by atoms with Gasteiger partial charge in [0.2, 0.25) is 0 Å². The standard InChI is InChI=1S/C21H25N5S2/c1-5-27-21(28-6-2)20(13-23)14(3)15(4)25-17(16-10-8-7-9-11-16)19(20,12-22)18(24)26-21/h7-11,17,25H,5-6H2,1-4H3,(H2,24,26)/t17-,19-,20-/m1/s1. The zero-order chi connectivity index (χ0) is 20.6. The van der Waals surface area contributed by atoms with Gasteiger partial charge in [-0.2, -0.15) is 10.5 Å². The van der Waals surface area contributed by atoms with Crippen molar-refractivity contribution in [3.63, 3.8) is 0 Å². The van der Waals surface area contributed by atoms with E-state index in [2.05, 4.69) is 17.5 Å². The fourth-order valence-electron chi connectivity index (χ4n) is 4.52. The molecule has 2 heterocycles. The second kappa shape index (κ2) is 7.39. The van der Waals surface area contributed by atoms with Crippen LogP contribution in [0.3, 0.4) is 0 Å². The van der Waals surface area contributed by atoms with Gasteiger partial charge in [0, 0.05) is 5.70 Å². The van der Waals surface area contributed by atoms with Crippen molar-refractivity contribution in [1.29, 1.82) is 10.5 Å². The number of hydrogen-bond donors (Lipinski definition) is 2. The average Bonchev–Trinajstić information content (AvgIpc) is 2.91. The Morgan fingerprint density at radius 3 is 2.21 bits per heavy atom. The molecule has 0 saturated carbocycles. The Balaban J connectivity index is 2.42. The minimum Gasteiger partial charge on any atom is -0.386 e. The molecule has 0 fully saturated rings. The number of nitriles is 2. The smallest absolute Gasteiger partial charge is 0.178 e. The average molecular weight is 412 g/mol. The van der Waals surface area contributed by atoms with Crippen LogP contribution >= 0.6 is 23.5 Å². The SMILES string of the molecule is CCSC1(SCC)N=C(N)[C@@]2(C#N)[C@@H](c3ccccc3)NC(C)=C(C)[C@@]12C#N. The van der Waals surface area contributed by atoms with Crippen molar-refractivity contribution in [3.05, 3.63) is 47.2 Å². The molecule has 2 aliphatic rings. The van der Waals surface area contributed by atoms with Crippen LogP contribution in [-0.2, 0) is 0 Å². The number of hydrogen-bond acceptors (Lipinski definition) is 7. The van der Waals surface area contributed by atoms with Crippen LogP contribution in [0.15, 0.2) is 46.6 Å². The Bertz CT molecular complexity index is 905. The van der Waals surface area contributed by atoms with Gasteiger partial charge >= 0.3 is 0 Å². The molecule has 0 aromatic heterocycles. The summed E-state index contributed by atoms with van der Waals surface area (Å²) in [6, 6.07) is 14.4. The topological polar surface area (TPSA) is 98.0 Å². The highest BCUT2D eigenvalue weighted by Gasteiger charge is 2.76. The van der Waals surface area contributed by atoms with E-state index in [1.165, 1.54) is 0 Å². The van der Waals surface area contributed by atoms with Crippen LogP contribution in [0.4, 0.5) is 0 Å². The summed E-state index contributed by atoms with van der Waals surface area (Å²) in [6.07, 6.45) is 0. The van der Waals surface area contributed by atoms with E-state index < -0.39 is 21.1 Å². The Morgan fingerprint density at radius 2 is 1.71 bits per heavy atom. The molecule has 3 atom stereocenters. The molecule has 0 unspecified atom stereocenters. The molecule has 146 valence electrons. The monoisotopic (exact) mass is 411 g/mol. The highest BCUT2D eigenvalue weighted by Crippen LogP contribution is 2.71. The van der Waals surface area contributed by atoms with Gasteiger partial charge in [-0.1, -0.05) is 44.2 Å². The van der Waals surface area contributed by atoms with Crippen LogP contribution in [0.25, 0.3) is 0 Å². The number of nitrogens with one attached hydrogen (secondary N) is 1. The maximum atomic E-state index is 10.7. The van der Waals surface area contributed by atoms with Gasteiger partial charge < -0.3 is 11.1 Å². The lowest BCUT2D eigenvalue weighted by Crippen LogP contribution is -2.61. The molecule has 0 saturated heterocycles. The molecule has 0 radical (unpaired) electrons. The Labute approximate surface area is 175 Å². The summed E-state index contributed by atoms with van der Waals surface area (Å²) in [7, 11) is 0. The van der Waals surface area contributed by atoms with Crippen molar-refractivity contribution < 1.29 is 0 Å². The van der Waals surface area contributed by atoms with E-state index in [0.29, 0.717) is 0 Å². The lowest BCUT2D eigenvalue weighted by molar-refractivity contribution is 0.200. The van der Waals surface area contributed by atoms with Crippen LogP contribution in [0, 0.1) is 33.5 Å². The number of allylic oxidation sites excluding steroid dienone is 1. The van der Waals surface area contributed by atoms with Crippen LogP contribution in [0.1, 0.15) is 39.3 Å². The summed E-state index contributed by atoms with van der Waals surface area (Å²) in [5.74, 6) is 1.78. The van der Waals surface area contributed by atoms with E-state index >= 15 is 0 Å². The first kappa shape index (κ1) is 20.6. The quantitative estimate of drug-likeness (QED) is 0.706. The number of nitrogens with zero attached hydrogens (tertiary/aromatic N) is 3. The third-order valence-electron chi connectivity index (χ3n) is 5.81. The summed E-state index contributed by atoms with van der Waals surface area (Å²) >= 11 is 3.20. The van der Waals surface area contributed by atoms with E-state index in [4.69, 9.17) is 10.7 Å². The number of nitrogens with two attached hydrogens (primary N) is 1. The predicted octanol–water partition coefficient (Wildman–Crippen LogP) is 4.18. The first-order valence-electron chi connectivity index (χ1n) is 9.36. The van der Waals surface area contributed by atoms with Crippen LogP contribution in [0.2, 0.25) is 0 Å². The molecule has 3 N–H and O–H groups in total. The molecule has 1 aromatic carbocycles. The second-order valence-corrected chi connectivity index (χ2v) is 10.1. The van der Waals surface area contributed by atoms with Crippen molar-refractivity contribution in [2.75, 3.05) is 11.5 Å². The van der Waals surface area contributed by atoms with Crippen molar-refractivity contribution in [2.45, 2.75) is 37.9 Å². The van der Waals surface area contributed by atoms with E-state index in [0.717, 1.165) is 28.3 Å². The number of fused-ring (bicyclic) bond motifs is 1. The molecule has 0 aliphatic carbocycles. The summed E-state index contributed by atoms with van der Waals surface area (Å²) in [6.45, 7) is 8.01. The van der Waals surface area contributed by atoms with Gasteiger partial charge in [0.15, 0.2) is 15.0 Å². The minimum atomic E-state index is -1.29. The number of amidine groups is 1. The highest BCUT2D eigenvalue weighted by molar-refractivity contribution is 8.18. The molecule has 7 heteroatoms. The zero-order valence-electron chi connectivity index (χ0n) is 16.6. The van der Waals surface area contributed by atoms with Crippen molar-refractivity contribution in [3.8, 4) is 12.1 Å². The molecule has 0 spiro atoms. The van der Waals surface area contributed by atoms with Crippen molar-refractivity contribution in [2.24, 2.45) is 21.6 Å². The maximum Gasteiger partial charge on any atom is 0.178 e. The predicted molar refractivity (Wildman–Crippen MR) is 117 cm³/mol. The zero-order valence-corrected chi connectivity index (χ0v) is 18.2. The van der Waals surface area contributed by atoms with Gasteiger partial charge in [-0.3, -0.25) is 0 Å². The summed E-state index contributed by atoms with van der Waals surface area (Å²) < 4.78 is -0.856. The normalized spacial score (nSPS) is 30.6. The van der Waals surface area contributed by atoms with Crippen LogP contribution in [-0.4, -0.2) is 21.5 Å². The molecular weight excluding hydrogens is 386 g/mol. The van der Waals surface area contributed by atoms with Gasteiger partial charge in [-0.25, -0.2) is 4.99 Å². The van der Waals surface area contributed by atoms with Crippen molar-refractivity contribution >= 4 is 29.4 Å². The molecule has 0 bridgehead atoms. The van der Waals surface area contributed by atoms with Gasteiger partial charge in [-0.15, -0.1) is 23.5 Å². The Morgan fingerprint density at radius 1 is 1.11 bits per heavy atom. The van der Waals surface area contributed by atoms with Gasteiger partial charge in [-0.05, 0) is 36.5 Å². The van der Waals surface area contributed by atoms with Gasteiger partial charge in [0.25, 0.3) is 0 Å². The highest BCUT2D eigenvalue weighted by atomic mass is 32.2. The number of aliphatic imine (C=N–C) groups is 1. The number of thioether (sulfide) groups is 2. The lowest BCUT2D eigenvalue weighted by Gasteiger charge is -2.52. The molecule has 2 aliphatic heterocycles. The molecular formula is C21H25N5S2. The number of rotatable bonds is 5. The summed E-state index contributed by atoms with van der Waals surface area (Å²) in [5.41, 5.74) is 6.76. The number of benzene rings is 1. The second-order valence-electron chi connectivity index (χ2n) is 6.96. The molecule has 28 heavy (non-hydrogen) atoms. The van der Waals surface area contributed by atoms with Crippen molar-refractivity contribution in [1.82, 2.24) is 5.32 Å². The van der Waals surface area contributed by atoms with E-state index in [9.17, 15) is 10.5 Å². The van der Waals surface area contributed by atoms with E-state index in [-0.39, 0.29) is 5.84 Å². The minimum absolute atomic E-state index is 0.242.